The van der Waals surface area contributed by atoms with Crippen LogP contribution in [0.1, 0.15) is 32.8 Å². The molecule has 0 amide bonds. The van der Waals surface area contributed by atoms with Crippen LogP contribution in [0.4, 0.5) is 0 Å². The number of ether oxygens (including phenoxy) is 1. The number of hydrogen-bond donors (Lipinski definition) is 0. The van der Waals surface area contributed by atoms with Gasteiger partial charge >= 0.3 is 0 Å². The minimum Gasteiger partial charge on any atom is -0.488 e. The van der Waals surface area contributed by atoms with Crippen molar-refractivity contribution in [2.45, 2.75) is 44.4 Å². The van der Waals surface area contributed by atoms with Crippen molar-refractivity contribution in [3.8, 4) is 17.0 Å². The molecule has 1 aliphatic rings. The molecule has 0 unspecified atom stereocenters. The van der Waals surface area contributed by atoms with E-state index >= 15 is 0 Å². The van der Waals surface area contributed by atoms with Crippen LogP contribution in [-0.2, 0) is 11.2 Å². The molecule has 1 aliphatic heterocycles. The second-order valence-corrected chi connectivity index (χ2v) is 7.34. The van der Waals surface area contributed by atoms with Crippen molar-refractivity contribution in [3.05, 3.63) is 36.0 Å². The van der Waals surface area contributed by atoms with Crippen molar-refractivity contribution in [1.82, 2.24) is 9.97 Å². The van der Waals surface area contributed by atoms with Crippen LogP contribution in [0.3, 0.4) is 0 Å². The van der Waals surface area contributed by atoms with Crippen molar-refractivity contribution in [2.75, 3.05) is 5.75 Å². The highest BCUT2D eigenvalue weighted by molar-refractivity contribution is 7.99. The zero-order valence-corrected chi connectivity index (χ0v) is 14.4. The number of carbonyl (C=O) groups excluding carboxylic acids is 1. The molecule has 4 nitrogen and oxygen atoms in total. The van der Waals surface area contributed by atoms with Gasteiger partial charge in [0, 0.05) is 11.8 Å². The van der Waals surface area contributed by atoms with E-state index in [4.69, 9.17) is 4.74 Å². The van der Waals surface area contributed by atoms with E-state index < -0.39 is 0 Å². The van der Waals surface area contributed by atoms with Gasteiger partial charge in [-0.25, -0.2) is 9.97 Å². The number of thioether (sulfide) groups is 1. The largest absolute Gasteiger partial charge is 0.488 e. The number of nitrogens with zero attached hydrogens (tertiary/aromatic N) is 2. The van der Waals surface area contributed by atoms with Crippen molar-refractivity contribution >= 4 is 17.5 Å². The monoisotopic (exact) mass is 328 g/mol. The number of hydrogen-bond acceptors (Lipinski definition) is 5. The summed E-state index contributed by atoms with van der Waals surface area (Å²) in [4.78, 5) is 19.9. The summed E-state index contributed by atoms with van der Waals surface area (Å²) in [5, 5.41) is 0.632. The van der Waals surface area contributed by atoms with Crippen molar-refractivity contribution < 1.29 is 9.53 Å². The normalized spacial score (nSPS) is 15.6. The van der Waals surface area contributed by atoms with E-state index in [-0.39, 0.29) is 11.4 Å². The van der Waals surface area contributed by atoms with Gasteiger partial charge in [-0.05, 0) is 63.4 Å². The summed E-state index contributed by atoms with van der Waals surface area (Å²) in [6, 6.07) is 8.09. The first-order valence-electron chi connectivity index (χ1n) is 7.70. The summed E-state index contributed by atoms with van der Waals surface area (Å²) in [6.45, 7) is 5.81. The molecular weight excluding hydrogens is 308 g/mol. The van der Waals surface area contributed by atoms with Gasteiger partial charge in [0.2, 0.25) is 0 Å². The highest BCUT2D eigenvalue weighted by Gasteiger charge is 2.26. The maximum absolute atomic E-state index is 11.1. The van der Waals surface area contributed by atoms with Gasteiger partial charge in [0.05, 0.1) is 11.4 Å². The third-order valence-corrected chi connectivity index (χ3v) is 4.78. The molecule has 23 heavy (non-hydrogen) atoms. The maximum Gasteiger partial charge on any atom is 0.188 e. The van der Waals surface area contributed by atoms with Crippen LogP contribution in [0.15, 0.2) is 35.6 Å². The van der Waals surface area contributed by atoms with Crippen LogP contribution in [0.5, 0.6) is 5.75 Å². The van der Waals surface area contributed by atoms with Crippen molar-refractivity contribution in [1.29, 1.82) is 0 Å². The minimum absolute atomic E-state index is 0.0973. The fourth-order valence-corrected chi connectivity index (χ4v) is 3.19. The van der Waals surface area contributed by atoms with Crippen LogP contribution < -0.4 is 4.74 Å². The fourth-order valence-electron chi connectivity index (χ4n) is 2.56. The molecule has 2 heterocycles. The lowest BCUT2D eigenvalue weighted by Crippen LogP contribution is -2.32. The van der Waals surface area contributed by atoms with Gasteiger partial charge in [-0.1, -0.05) is 11.8 Å². The number of carbonyl (C=O) groups is 1. The smallest absolute Gasteiger partial charge is 0.188 e. The van der Waals surface area contributed by atoms with E-state index in [0.29, 0.717) is 10.9 Å². The predicted molar refractivity (Wildman–Crippen MR) is 91.9 cm³/mol. The molecule has 120 valence electrons. The first kappa shape index (κ1) is 16.0. The van der Waals surface area contributed by atoms with Crippen LogP contribution in [0.2, 0.25) is 0 Å². The Morgan fingerprint density at radius 3 is 2.96 bits per heavy atom. The number of ketones is 1. The lowest BCUT2D eigenvalue weighted by atomic mass is 9.93. The Balaban J connectivity index is 1.85. The maximum atomic E-state index is 11.1. The molecule has 0 radical (unpaired) electrons. The van der Waals surface area contributed by atoms with E-state index in [2.05, 4.69) is 29.9 Å². The molecule has 2 aromatic rings. The van der Waals surface area contributed by atoms with Gasteiger partial charge in [-0.15, -0.1) is 0 Å². The predicted octanol–water partition coefficient (Wildman–Crippen LogP) is 3.93. The number of aromatic nitrogens is 2. The molecule has 3 rings (SSSR count). The minimum atomic E-state index is -0.0973. The third kappa shape index (κ3) is 3.91. The molecule has 0 bridgehead atoms. The Morgan fingerprint density at radius 2 is 2.17 bits per heavy atom. The van der Waals surface area contributed by atoms with Crippen LogP contribution in [0.25, 0.3) is 11.3 Å². The summed E-state index contributed by atoms with van der Waals surface area (Å²) in [7, 11) is 0. The van der Waals surface area contributed by atoms with Crippen molar-refractivity contribution in [3.63, 3.8) is 0 Å². The van der Waals surface area contributed by atoms with Crippen LogP contribution in [0, 0.1) is 0 Å². The quantitative estimate of drug-likeness (QED) is 0.629. The first-order valence-corrected chi connectivity index (χ1v) is 8.69. The average molecular weight is 328 g/mol. The Labute approximate surface area is 140 Å². The Bertz CT molecular complexity index is 744. The van der Waals surface area contributed by atoms with Crippen LogP contribution >= 0.6 is 11.8 Å². The highest BCUT2D eigenvalue weighted by atomic mass is 32.2. The summed E-state index contributed by atoms with van der Waals surface area (Å²) in [6.07, 6.45) is 3.75. The van der Waals surface area contributed by atoms with Crippen LogP contribution in [-0.4, -0.2) is 27.1 Å². The average Bonchev–Trinajstić information content (AvgIpc) is 2.52. The standard InChI is InChI=1S/C18H20N2O2S/c1-12(21)11-23-17-19-9-7-15(20-17)13-4-5-16-14(10-13)6-8-18(2,3)22-16/h4-5,7,9-10H,6,8,11H2,1-3H3. The number of aryl methyl sites for hydroxylation is 1. The summed E-state index contributed by atoms with van der Waals surface area (Å²) >= 11 is 1.37. The molecule has 5 heteroatoms. The molecule has 0 atom stereocenters. The Morgan fingerprint density at radius 1 is 1.35 bits per heavy atom. The zero-order chi connectivity index (χ0) is 16.4. The molecule has 0 N–H and O–H groups in total. The highest BCUT2D eigenvalue weighted by Crippen LogP contribution is 2.35. The van der Waals surface area contributed by atoms with Gasteiger partial charge in [-0.2, -0.15) is 0 Å². The van der Waals surface area contributed by atoms with E-state index in [1.807, 2.05) is 18.2 Å². The first-order chi connectivity index (χ1) is 10.9. The number of Topliss-reactive ketones (excluding diaryl/α,β-unsaturated/α-hetero) is 1. The van der Waals surface area contributed by atoms with E-state index in [9.17, 15) is 4.79 Å². The number of benzene rings is 1. The fraction of sp³-hybridized carbons (Fsp3) is 0.389. The second kappa shape index (κ2) is 6.32. The van der Waals surface area contributed by atoms with Gasteiger partial charge in [0.15, 0.2) is 5.16 Å². The topological polar surface area (TPSA) is 52.1 Å². The SMILES string of the molecule is CC(=O)CSc1nccc(-c2ccc3c(c2)CCC(C)(C)O3)n1. The lowest BCUT2D eigenvalue weighted by molar-refractivity contribution is -0.114. The molecule has 1 aromatic carbocycles. The summed E-state index contributed by atoms with van der Waals surface area (Å²) in [5.41, 5.74) is 3.05. The van der Waals surface area contributed by atoms with Gasteiger partial charge in [0.1, 0.15) is 17.1 Å². The Kier molecular flexibility index (Phi) is 4.39. The molecule has 0 aliphatic carbocycles. The molecule has 1 aromatic heterocycles. The van der Waals surface area contributed by atoms with E-state index in [0.717, 1.165) is 29.8 Å². The molecule has 0 saturated heterocycles. The molecular formula is C18H20N2O2S. The molecule has 0 saturated carbocycles. The lowest BCUT2D eigenvalue weighted by Gasteiger charge is -2.32. The van der Waals surface area contributed by atoms with E-state index in [1.54, 1.807) is 13.1 Å². The molecule has 0 fully saturated rings. The summed E-state index contributed by atoms with van der Waals surface area (Å²) in [5.74, 6) is 1.49. The Hall–Kier alpha value is -1.88. The van der Waals surface area contributed by atoms with E-state index in [1.165, 1.54) is 17.3 Å². The number of fused-ring (bicyclic) bond motifs is 1. The van der Waals surface area contributed by atoms with Crippen molar-refractivity contribution in [2.24, 2.45) is 0 Å². The van der Waals surface area contributed by atoms with Gasteiger partial charge < -0.3 is 4.74 Å². The zero-order valence-electron chi connectivity index (χ0n) is 13.6. The van der Waals surface area contributed by atoms with Gasteiger partial charge in [-0.3, -0.25) is 4.79 Å². The second-order valence-electron chi connectivity index (χ2n) is 6.40. The molecule has 0 spiro atoms. The number of rotatable bonds is 4. The third-order valence-electron chi connectivity index (χ3n) is 3.78. The van der Waals surface area contributed by atoms with Gasteiger partial charge in [0.25, 0.3) is 0 Å². The summed E-state index contributed by atoms with van der Waals surface area (Å²) < 4.78 is 6.02.